The highest BCUT2D eigenvalue weighted by Gasteiger charge is 2.19. The van der Waals surface area contributed by atoms with E-state index >= 15 is 0 Å². The summed E-state index contributed by atoms with van der Waals surface area (Å²) in [4.78, 5) is 8.38. The molecule has 0 N–H and O–H groups in total. The van der Waals surface area contributed by atoms with Crippen molar-refractivity contribution in [2.45, 2.75) is 18.9 Å². The zero-order valence-corrected chi connectivity index (χ0v) is 12.0. The monoisotopic (exact) mass is 363 g/mol. The molecule has 0 bridgehead atoms. The van der Waals surface area contributed by atoms with Gasteiger partial charge in [0.2, 0.25) is 5.28 Å². The molecule has 0 aliphatic carbocycles. The lowest BCUT2D eigenvalue weighted by molar-refractivity contribution is 0.0705. The molecule has 4 nitrogen and oxygen atoms in total. The van der Waals surface area contributed by atoms with Gasteiger partial charge in [0.15, 0.2) is 0 Å². The van der Waals surface area contributed by atoms with Crippen LogP contribution in [0.2, 0.25) is 5.28 Å². The molecule has 0 saturated carbocycles. The third-order valence-electron chi connectivity index (χ3n) is 3.08. The van der Waals surface area contributed by atoms with Crippen LogP contribution in [0.15, 0.2) is 12.4 Å². The van der Waals surface area contributed by atoms with Gasteiger partial charge < -0.3 is 9.30 Å². The van der Waals surface area contributed by atoms with Crippen LogP contribution in [0.4, 0.5) is 0 Å². The summed E-state index contributed by atoms with van der Waals surface area (Å²) in [7, 11) is 0. The first kappa shape index (κ1) is 11.7. The van der Waals surface area contributed by atoms with E-state index < -0.39 is 0 Å². The average molecular weight is 364 g/mol. The van der Waals surface area contributed by atoms with Crippen LogP contribution >= 0.6 is 34.2 Å². The number of ether oxygens (including phenoxy) is 1. The SMILES string of the molecule is Clc1ncc2c(I)cn(C3CCOCC3)c2n1. The first-order valence-corrected chi connectivity index (χ1v) is 6.97. The molecule has 2 aromatic heterocycles. The second kappa shape index (κ2) is 4.70. The van der Waals surface area contributed by atoms with Gasteiger partial charge in [0.1, 0.15) is 5.65 Å². The van der Waals surface area contributed by atoms with Gasteiger partial charge in [0.25, 0.3) is 0 Å². The molecule has 1 aliphatic heterocycles. The Bertz CT molecular complexity index is 551. The predicted octanol–water partition coefficient (Wildman–Crippen LogP) is 3.04. The van der Waals surface area contributed by atoms with Gasteiger partial charge in [-0.15, -0.1) is 0 Å². The van der Waals surface area contributed by atoms with Gasteiger partial charge in [-0.3, -0.25) is 0 Å². The largest absolute Gasteiger partial charge is 0.381 e. The number of nitrogens with zero attached hydrogens (tertiary/aromatic N) is 3. The molecule has 0 spiro atoms. The van der Waals surface area contributed by atoms with E-state index in [0.717, 1.165) is 37.1 Å². The van der Waals surface area contributed by atoms with E-state index in [1.54, 1.807) is 6.20 Å². The van der Waals surface area contributed by atoms with Gasteiger partial charge in [0, 0.05) is 35.2 Å². The van der Waals surface area contributed by atoms with Crippen LogP contribution in [0.25, 0.3) is 11.0 Å². The first-order chi connectivity index (χ1) is 8.25. The summed E-state index contributed by atoms with van der Waals surface area (Å²) in [6, 6.07) is 0.459. The summed E-state index contributed by atoms with van der Waals surface area (Å²) >= 11 is 8.19. The summed E-state index contributed by atoms with van der Waals surface area (Å²) in [6.45, 7) is 1.64. The molecule has 3 heterocycles. The van der Waals surface area contributed by atoms with Crippen molar-refractivity contribution in [3.8, 4) is 0 Å². The molecule has 1 aliphatic rings. The number of rotatable bonds is 1. The van der Waals surface area contributed by atoms with Crippen molar-refractivity contribution in [2.75, 3.05) is 13.2 Å². The Hall–Kier alpha value is -0.400. The highest BCUT2D eigenvalue weighted by atomic mass is 127. The second-order valence-electron chi connectivity index (χ2n) is 4.10. The van der Waals surface area contributed by atoms with E-state index in [9.17, 15) is 0 Å². The number of hydrogen-bond acceptors (Lipinski definition) is 3. The Morgan fingerprint density at radius 2 is 2.18 bits per heavy atom. The molecule has 0 amide bonds. The maximum Gasteiger partial charge on any atom is 0.224 e. The number of fused-ring (bicyclic) bond motifs is 1. The standard InChI is InChI=1S/C11H11ClIN3O/c12-11-14-5-8-9(13)6-16(10(8)15-11)7-1-3-17-4-2-7/h5-7H,1-4H2. The van der Waals surface area contributed by atoms with E-state index in [1.807, 2.05) is 0 Å². The third-order valence-corrected chi connectivity index (χ3v) is 4.12. The number of halogens is 2. The number of hydrogen-bond donors (Lipinski definition) is 0. The van der Waals surface area contributed by atoms with Crippen LogP contribution in [0.3, 0.4) is 0 Å². The topological polar surface area (TPSA) is 39.9 Å². The highest BCUT2D eigenvalue weighted by Crippen LogP contribution is 2.29. The fourth-order valence-electron chi connectivity index (χ4n) is 2.21. The smallest absolute Gasteiger partial charge is 0.224 e. The molecule has 90 valence electrons. The van der Waals surface area contributed by atoms with Gasteiger partial charge in [-0.2, -0.15) is 4.98 Å². The van der Waals surface area contributed by atoms with Crippen molar-refractivity contribution in [3.05, 3.63) is 21.2 Å². The van der Waals surface area contributed by atoms with Gasteiger partial charge in [-0.1, -0.05) is 0 Å². The van der Waals surface area contributed by atoms with E-state index in [1.165, 1.54) is 3.57 Å². The lowest BCUT2D eigenvalue weighted by atomic mass is 10.1. The Kier molecular flexibility index (Phi) is 3.23. The molecule has 1 saturated heterocycles. The Morgan fingerprint density at radius 1 is 1.41 bits per heavy atom. The molecule has 2 aromatic rings. The van der Waals surface area contributed by atoms with E-state index in [2.05, 4.69) is 43.3 Å². The van der Waals surface area contributed by atoms with Crippen LogP contribution in [-0.4, -0.2) is 27.7 Å². The third kappa shape index (κ3) is 2.15. The average Bonchev–Trinajstić information content (AvgIpc) is 2.67. The molecule has 0 unspecified atom stereocenters. The Balaban J connectivity index is 2.11. The maximum atomic E-state index is 5.88. The molecule has 6 heteroatoms. The minimum absolute atomic E-state index is 0.306. The lowest BCUT2D eigenvalue weighted by Crippen LogP contribution is -2.19. The van der Waals surface area contributed by atoms with Gasteiger partial charge in [-0.05, 0) is 47.0 Å². The fraction of sp³-hybridized carbons (Fsp3) is 0.455. The normalized spacial score (nSPS) is 17.8. The molecule has 3 rings (SSSR count). The molecule has 0 atom stereocenters. The minimum atomic E-state index is 0.306. The van der Waals surface area contributed by atoms with Crippen LogP contribution in [0.5, 0.6) is 0 Å². The van der Waals surface area contributed by atoms with Crippen molar-refractivity contribution in [1.82, 2.24) is 14.5 Å². The fourth-order valence-corrected chi connectivity index (χ4v) is 3.02. The van der Waals surface area contributed by atoms with Crippen LogP contribution in [0, 0.1) is 3.57 Å². The molecule has 0 radical (unpaired) electrons. The molecule has 17 heavy (non-hydrogen) atoms. The van der Waals surface area contributed by atoms with Gasteiger partial charge in [0.05, 0.1) is 5.39 Å². The minimum Gasteiger partial charge on any atom is -0.381 e. The summed E-state index contributed by atoms with van der Waals surface area (Å²) in [5.41, 5.74) is 0.932. The molecule has 0 aromatic carbocycles. The quantitative estimate of drug-likeness (QED) is 0.577. The maximum absolute atomic E-state index is 5.88. The Morgan fingerprint density at radius 3 is 2.94 bits per heavy atom. The molecular weight excluding hydrogens is 352 g/mol. The number of aromatic nitrogens is 3. The highest BCUT2D eigenvalue weighted by molar-refractivity contribution is 14.1. The van der Waals surface area contributed by atoms with E-state index in [-0.39, 0.29) is 0 Å². The van der Waals surface area contributed by atoms with Gasteiger partial charge in [-0.25, -0.2) is 4.98 Å². The van der Waals surface area contributed by atoms with Crippen molar-refractivity contribution in [1.29, 1.82) is 0 Å². The predicted molar refractivity (Wildman–Crippen MR) is 74.3 cm³/mol. The van der Waals surface area contributed by atoms with Crippen LogP contribution in [0.1, 0.15) is 18.9 Å². The Labute approximate surface area is 117 Å². The van der Waals surface area contributed by atoms with Gasteiger partial charge >= 0.3 is 0 Å². The molecule has 1 fully saturated rings. The zero-order valence-electron chi connectivity index (χ0n) is 9.07. The first-order valence-electron chi connectivity index (χ1n) is 5.52. The summed E-state index contributed by atoms with van der Waals surface area (Å²) < 4.78 is 8.77. The summed E-state index contributed by atoms with van der Waals surface area (Å²) in [5.74, 6) is 0. The zero-order chi connectivity index (χ0) is 11.8. The van der Waals surface area contributed by atoms with E-state index in [4.69, 9.17) is 16.3 Å². The summed E-state index contributed by atoms with van der Waals surface area (Å²) in [6.07, 6.45) is 5.98. The summed E-state index contributed by atoms with van der Waals surface area (Å²) in [5, 5.41) is 1.38. The lowest BCUT2D eigenvalue weighted by Gasteiger charge is -2.23. The molecular formula is C11H11ClIN3O. The van der Waals surface area contributed by atoms with Crippen LogP contribution < -0.4 is 0 Å². The second-order valence-corrected chi connectivity index (χ2v) is 5.60. The van der Waals surface area contributed by atoms with Crippen LogP contribution in [-0.2, 0) is 4.74 Å². The van der Waals surface area contributed by atoms with Crippen molar-refractivity contribution in [2.24, 2.45) is 0 Å². The van der Waals surface area contributed by atoms with Crippen molar-refractivity contribution < 1.29 is 4.74 Å². The van der Waals surface area contributed by atoms with E-state index in [0.29, 0.717) is 11.3 Å². The van der Waals surface area contributed by atoms with Crippen molar-refractivity contribution >= 4 is 45.2 Å². The van der Waals surface area contributed by atoms with Crippen molar-refractivity contribution in [3.63, 3.8) is 0 Å².